The summed E-state index contributed by atoms with van der Waals surface area (Å²) in [7, 11) is 0. The number of nitro groups is 2. The molecule has 1 aromatic rings. The molecular formula is C6H2ClN2O4. The minimum atomic E-state index is -0.906. The minimum Gasteiger partial charge on any atom is -0.258 e. The Morgan fingerprint density at radius 3 is 2.31 bits per heavy atom. The summed E-state index contributed by atoms with van der Waals surface area (Å²) in [4.78, 5) is 18.8. The quantitative estimate of drug-likeness (QED) is 0.541. The first-order chi connectivity index (χ1) is 6.04. The maximum Gasteiger partial charge on any atom is 0.365 e. The molecule has 0 bridgehead atoms. The van der Waals surface area contributed by atoms with Gasteiger partial charge in [-0.3, -0.25) is 20.2 Å². The van der Waals surface area contributed by atoms with Crippen LogP contribution in [0, 0.1) is 26.3 Å². The maximum atomic E-state index is 10.3. The molecule has 7 heteroatoms. The van der Waals surface area contributed by atoms with Gasteiger partial charge in [-0.2, -0.15) is 0 Å². The van der Waals surface area contributed by atoms with Crippen LogP contribution in [0.15, 0.2) is 12.1 Å². The first-order valence-electron chi connectivity index (χ1n) is 3.03. The molecule has 0 aromatic heterocycles. The van der Waals surface area contributed by atoms with Crippen molar-refractivity contribution in [1.29, 1.82) is 0 Å². The van der Waals surface area contributed by atoms with Crippen molar-refractivity contribution in [3.63, 3.8) is 0 Å². The zero-order valence-corrected chi connectivity index (χ0v) is 6.82. The van der Waals surface area contributed by atoms with Crippen molar-refractivity contribution in [1.82, 2.24) is 0 Å². The van der Waals surface area contributed by atoms with Crippen molar-refractivity contribution in [2.45, 2.75) is 0 Å². The SMILES string of the molecule is O=[N+]([O-])c1[c]ccc(Cl)c1[N+](=O)[O-]. The van der Waals surface area contributed by atoms with E-state index >= 15 is 0 Å². The Morgan fingerprint density at radius 1 is 1.31 bits per heavy atom. The second-order valence-corrected chi connectivity index (χ2v) is 2.44. The third-order valence-corrected chi connectivity index (χ3v) is 1.57. The summed E-state index contributed by atoms with van der Waals surface area (Å²) in [6.45, 7) is 0. The van der Waals surface area contributed by atoms with E-state index in [1.54, 1.807) is 0 Å². The van der Waals surface area contributed by atoms with Gasteiger partial charge in [-0.05, 0) is 12.1 Å². The van der Waals surface area contributed by atoms with E-state index in [4.69, 9.17) is 11.6 Å². The molecule has 67 valence electrons. The molecule has 0 aliphatic rings. The molecule has 0 saturated heterocycles. The molecule has 0 aliphatic heterocycles. The van der Waals surface area contributed by atoms with E-state index in [1.807, 2.05) is 0 Å². The van der Waals surface area contributed by atoms with Gasteiger partial charge in [0.2, 0.25) is 0 Å². The number of hydrogen-bond donors (Lipinski definition) is 0. The van der Waals surface area contributed by atoms with Crippen LogP contribution in [0.2, 0.25) is 5.02 Å². The molecule has 0 amide bonds. The molecule has 0 spiro atoms. The highest BCUT2D eigenvalue weighted by Crippen LogP contribution is 2.32. The molecule has 0 atom stereocenters. The molecule has 1 radical (unpaired) electrons. The molecule has 13 heavy (non-hydrogen) atoms. The van der Waals surface area contributed by atoms with Crippen molar-refractivity contribution < 1.29 is 9.85 Å². The van der Waals surface area contributed by atoms with Crippen molar-refractivity contribution >= 4 is 23.0 Å². The van der Waals surface area contributed by atoms with E-state index in [0.29, 0.717) is 0 Å². The standard InChI is InChI=1S/C6H2ClN2O4/c7-4-2-1-3-5(8(10)11)6(4)9(12)13/h1-2H. The summed E-state index contributed by atoms with van der Waals surface area (Å²) in [5, 5.41) is 20.4. The summed E-state index contributed by atoms with van der Waals surface area (Å²) in [6.07, 6.45) is 0. The fourth-order valence-corrected chi connectivity index (χ4v) is 0.989. The van der Waals surface area contributed by atoms with E-state index < -0.39 is 21.2 Å². The minimum absolute atomic E-state index is 0.268. The van der Waals surface area contributed by atoms with Gasteiger partial charge in [0.05, 0.1) is 15.9 Å². The van der Waals surface area contributed by atoms with Gasteiger partial charge in [0, 0.05) is 0 Å². The number of halogens is 1. The first kappa shape index (κ1) is 9.40. The third-order valence-electron chi connectivity index (χ3n) is 1.27. The summed E-state index contributed by atoms with van der Waals surface area (Å²) in [5.74, 6) is 0. The van der Waals surface area contributed by atoms with Crippen molar-refractivity contribution in [2.75, 3.05) is 0 Å². The van der Waals surface area contributed by atoms with Crippen molar-refractivity contribution in [2.24, 2.45) is 0 Å². The van der Waals surface area contributed by atoms with Gasteiger partial charge in [-0.1, -0.05) is 11.6 Å². The monoisotopic (exact) mass is 201 g/mol. The van der Waals surface area contributed by atoms with Crippen LogP contribution in [0.5, 0.6) is 0 Å². The van der Waals surface area contributed by atoms with Crippen LogP contribution < -0.4 is 0 Å². The molecule has 0 saturated carbocycles. The number of nitrogens with zero attached hydrogens (tertiary/aromatic N) is 2. The number of rotatable bonds is 2. The summed E-state index contributed by atoms with van der Waals surface area (Å²) >= 11 is 5.40. The van der Waals surface area contributed by atoms with Crippen LogP contribution in [-0.4, -0.2) is 9.85 Å². The first-order valence-corrected chi connectivity index (χ1v) is 3.41. The van der Waals surface area contributed by atoms with E-state index in [1.165, 1.54) is 6.07 Å². The fourth-order valence-electron chi connectivity index (χ4n) is 0.767. The Morgan fingerprint density at radius 2 is 1.92 bits per heavy atom. The molecule has 6 nitrogen and oxygen atoms in total. The largest absolute Gasteiger partial charge is 0.365 e. The van der Waals surface area contributed by atoms with Crippen LogP contribution in [0.3, 0.4) is 0 Å². The number of nitro benzene ring substituents is 2. The van der Waals surface area contributed by atoms with E-state index in [-0.39, 0.29) is 5.02 Å². The predicted molar refractivity (Wildman–Crippen MR) is 43.6 cm³/mol. The Hall–Kier alpha value is -1.69. The van der Waals surface area contributed by atoms with E-state index in [0.717, 1.165) is 6.07 Å². The van der Waals surface area contributed by atoms with Crippen molar-refractivity contribution in [3.05, 3.63) is 43.5 Å². The van der Waals surface area contributed by atoms with Gasteiger partial charge in [-0.15, -0.1) is 0 Å². The lowest BCUT2D eigenvalue weighted by Crippen LogP contribution is -1.96. The summed E-state index contributed by atoms with van der Waals surface area (Å²) in [5.41, 5.74) is -1.45. The average Bonchev–Trinajstić information content (AvgIpc) is 2.02. The van der Waals surface area contributed by atoms with Crippen LogP contribution in [0.1, 0.15) is 0 Å². The summed E-state index contributed by atoms with van der Waals surface area (Å²) in [6, 6.07) is 4.47. The van der Waals surface area contributed by atoms with Crippen molar-refractivity contribution in [3.8, 4) is 0 Å². The van der Waals surface area contributed by atoms with Gasteiger partial charge in [0.15, 0.2) is 0 Å². The second-order valence-electron chi connectivity index (χ2n) is 2.04. The Labute approximate surface area is 77.0 Å². The highest BCUT2D eigenvalue weighted by atomic mass is 35.5. The van der Waals surface area contributed by atoms with Gasteiger partial charge in [0.1, 0.15) is 5.02 Å². The van der Waals surface area contributed by atoms with Gasteiger partial charge < -0.3 is 0 Å². The van der Waals surface area contributed by atoms with Crippen LogP contribution >= 0.6 is 11.6 Å². The number of hydrogen-bond acceptors (Lipinski definition) is 4. The van der Waals surface area contributed by atoms with E-state index in [9.17, 15) is 20.2 Å². The lowest BCUT2D eigenvalue weighted by atomic mass is 10.3. The van der Waals surface area contributed by atoms with Crippen LogP contribution in [0.4, 0.5) is 11.4 Å². The molecule has 1 aromatic carbocycles. The van der Waals surface area contributed by atoms with E-state index in [2.05, 4.69) is 6.07 Å². The third kappa shape index (κ3) is 1.73. The molecule has 1 rings (SSSR count). The Bertz CT molecular complexity index is 379. The fraction of sp³-hybridized carbons (Fsp3) is 0. The lowest BCUT2D eigenvalue weighted by Gasteiger charge is -1.94. The molecule has 0 N–H and O–H groups in total. The number of benzene rings is 1. The van der Waals surface area contributed by atoms with Gasteiger partial charge >= 0.3 is 11.4 Å². The topological polar surface area (TPSA) is 86.3 Å². The Balaban J connectivity index is 3.43. The van der Waals surface area contributed by atoms with Gasteiger partial charge in [-0.25, -0.2) is 0 Å². The normalized spacial score (nSPS) is 9.62. The molecular weight excluding hydrogens is 200 g/mol. The zero-order valence-electron chi connectivity index (χ0n) is 6.06. The predicted octanol–water partition coefficient (Wildman–Crippen LogP) is 1.96. The average molecular weight is 202 g/mol. The highest BCUT2D eigenvalue weighted by molar-refractivity contribution is 6.33. The smallest absolute Gasteiger partial charge is 0.258 e. The highest BCUT2D eigenvalue weighted by Gasteiger charge is 2.27. The van der Waals surface area contributed by atoms with Crippen LogP contribution in [0.25, 0.3) is 0 Å². The molecule has 0 heterocycles. The molecule has 0 unspecified atom stereocenters. The summed E-state index contributed by atoms with van der Waals surface area (Å²) < 4.78 is 0. The lowest BCUT2D eigenvalue weighted by molar-refractivity contribution is -0.422. The Kier molecular flexibility index (Phi) is 2.43. The van der Waals surface area contributed by atoms with Gasteiger partial charge in [0.25, 0.3) is 0 Å². The second kappa shape index (κ2) is 3.36. The molecule has 0 aliphatic carbocycles. The molecule has 0 fully saturated rings. The zero-order chi connectivity index (χ0) is 10.0. The maximum absolute atomic E-state index is 10.3. The van der Waals surface area contributed by atoms with Crippen LogP contribution in [-0.2, 0) is 0 Å².